The quantitative estimate of drug-likeness (QED) is 0.189. The number of hydrogen-bond acceptors (Lipinski definition) is 9. The molecule has 44 heavy (non-hydrogen) atoms. The molecule has 9 nitrogen and oxygen atoms in total. The van der Waals surface area contributed by atoms with Gasteiger partial charge in [0.2, 0.25) is 0 Å². The minimum Gasteiger partial charge on any atom is -0.463 e. The van der Waals surface area contributed by atoms with Gasteiger partial charge in [0.1, 0.15) is 11.6 Å². The summed E-state index contributed by atoms with van der Waals surface area (Å²) in [6, 6.07) is 17.0. The van der Waals surface area contributed by atoms with E-state index in [1.165, 1.54) is 22.8 Å². The van der Waals surface area contributed by atoms with E-state index in [2.05, 4.69) is 25.9 Å². The molecule has 1 atom stereocenters. The Morgan fingerprint density at radius 1 is 1.18 bits per heavy atom. The van der Waals surface area contributed by atoms with Crippen LogP contribution in [0.5, 0.6) is 0 Å². The van der Waals surface area contributed by atoms with Crippen LogP contribution in [0.4, 0.5) is 4.39 Å². The Balaban J connectivity index is 1.52. The second-order valence-corrected chi connectivity index (χ2v) is 12.4. The molecule has 5 aromatic rings. The Labute approximate surface area is 265 Å². The molecular formula is C31H22BrFN4O5S2. The van der Waals surface area contributed by atoms with Gasteiger partial charge >= 0.3 is 5.97 Å². The summed E-state index contributed by atoms with van der Waals surface area (Å²) in [4.78, 5) is 51.5. The van der Waals surface area contributed by atoms with Crippen molar-refractivity contribution in [2.24, 2.45) is 4.99 Å². The Hall–Kier alpha value is -4.33. The average molecular weight is 694 g/mol. The number of ether oxygens (including phenoxy) is 1. The third-order valence-corrected chi connectivity index (χ3v) is 9.25. The molecule has 0 fully saturated rings. The lowest BCUT2D eigenvalue weighted by Crippen LogP contribution is -2.40. The van der Waals surface area contributed by atoms with Crippen LogP contribution in [0.1, 0.15) is 35.5 Å². The predicted octanol–water partition coefficient (Wildman–Crippen LogP) is 4.97. The van der Waals surface area contributed by atoms with Gasteiger partial charge in [-0.05, 0) is 65.3 Å². The van der Waals surface area contributed by atoms with Gasteiger partial charge in [-0.1, -0.05) is 53.8 Å². The molecule has 1 aliphatic heterocycles. The fourth-order valence-electron chi connectivity index (χ4n) is 4.73. The molecule has 13 heteroatoms. The minimum atomic E-state index is -0.929. The first-order valence-corrected chi connectivity index (χ1v) is 15.7. The molecule has 222 valence electrons. The van der Waals surface area contributed by atoms with Crippen molar-refractivity contribution in [2.45, 2.75) is 30.1 Å². The molecule has 2 aromatic carbocycles. The Morgan fingerprint density at radius 2 is 1.93 bits per heavy atom. The van der Waals surface area contributed by atoms with Crippen molar-refractivity contribution >= 4 is 56.8 Å². The van der Waals surface area contributed by atoms with Crippen LogP contribution in [0.3, 0.4) is 0 Å². The maximum Gasteiger partial charge on any atom is 0.338 e. The third kappa shape index (κ3) is 5.90. The molecule has 0 bridgehead atoms. The summed E-state index contributed by atoms with van der Waals surface area (Å²) < 4.78 is 27.7. The lowest BCUT2D eigenvalue weighted by molar-refractivity contribution is -0.138. The number of halogens is 2. The molecular weight excluding hydrogens is 671 g/mol. The minimum absolute atomic E-state index is 0.116. The largest absolute Gasteiger partial charge is 0.463 e. The molecule has 0 unspecified atom stereocenters. The summed E-state index contributed by atoms with van der Waals surface area (Å²) in [6.07, 6.45) is 1.59. The summed E-state index contributed by atoms with van der Waals surface area (Å²) in [6.45, 7) is 3.53. The highest BCUT2D eigenvalue weighted by molar-refractivity contribution is 9.10. The van der Waals surface area contributed by atoms with Gasteiger partial charge in [0.05, 0.1) is 32.9 Å². The average Bonchev–Trinajstić information content (AvgIpc) is 3.49. The molecule has 0 amide bonds. The number of aryl methyl sites for hydroxylation is 1. The summed E-state index contributed by atoms with van der Waals surface area (Å²) in [7, 11) is 0. The summed E-state index contributed by atoms with van der Waals surface area (Å²) in [5.41, 5.74) is 1.59. The Kier molecular flexibility index (Phi) is 8.34. The number of carbonyl (C=O) groups is 1. The van der Waals surface area contributed by atoms with Crippen molar-refractivity contribution in [1.82, 2.24) is 14.5 Å². The second kappa shape index (κ2) is 12.3. The van der Waals surface area contributed by atoms with E-state index in [1.807, 2.05) is 30.3 Å². The van der Waals surface area contributed by atoms with Crippen LogP contribution in [0.25, 0.3) is 11.8 Å². The molecule has 0 aliphatic carbocycles. The van der Waals surface area contributed by atoms with Crippen molar-refractivity contribution in [3.8, 4) is 0 Å². The Bertz CT molecular complexity index is 2170. The van der Waals surface area contributed by atoms with E-state index in [9.17, 15) is 18.8 Å². The van der Waals surface area contributed by atoms with Crippen molar-refractivity contribution in [3.05, 3.63) is 135 Å². The number of hydrogen-bond donors (Lipinski definition) is 1. The first-order chi connectivity index (χ1) is 21.2. The maximum absolute atomic E-state index is 14.0. The highest BCUT2D eigenvalue weighted by Gasteiger charge is 2.35. The molecule has 6 rings (SSSR count). The topological polar surface area (TPSA) is 120 Å². The normalized spacial score (nSPS) is 14.8. The number of thiazole rings is 1. The zero-order valence-electron chi connectivity index (χ0n) is 23.2. The molecule has 4 heterocycles. The van der Waals surface area contributed by atoms with Gasteiger partial charge < -0.3 is 14.1 Å². The zero-order valence-corrected chi connectivity index (χ0v) is 26.4. The molecule has 0 saturated carbocycles. The Morgan fingerprint density at radius 3 is 2.64 bits per heavy atom. The smallest absolute Gasteiger partial charge is 0.338 e. The fraction of sp³-hybridized carbons (Fsp3) is 0.129. The van der Waals surface area contributed by atoms with Crippen molar-refractivity contribution in [1.29, 1.82) is 0 Å². The highest BCUT2D eigenvalue weighted by atomic mass is 79.9. The number of fused-ring (bicyclic) bond motifs is 1. The van der Waals surface area contributed by atoms with Crippen molar-refractivity contribution in [2.75, 3.05) is 6.61 Å². The highest BCUT2D eigenvalue weighted by Crippen LogP contribution is 2.36. The van der Waals surface area contributed by atoms with Gasteiger partial charge in [-0.2, -0.15) is 0 Å². The van der Waals surface area contributed by atoms with Crippen LogP contribution in [0.15, 0.2) is 106 Å². The maximum atomic E-state index is 14.0. The molecule has 1 N–H and O–H groups in total. The fourth-order valence-corrected chi connectivity index (χ4v) is 7.07. The van der Waals surface area contributed by atoms with Crippen LogP contribution in [-0.2, 0) is 9.53 Å². The number of nitrogens with one attached hydrogen (secondary N) is 1. The van der Waals surface area contributed by atoms with E-state index in [0.29, 0.717) is 52.3 Å². The van der Waals surface area contributed by atoms with Crippen LogP contribution in [-0.4, -0.2) is 27.1 Å². The van der Waals surface area contributed by atoms with Crippen molar-refractivity contribution < 1.29 is 18.3 Å². The van der Waals surface area contributed by atoms with Gasteiger partial charge in [-0.15, -0.1) is 0 Å². The van der Waals surface area contributed by atoms with Gasteiger partial charge in [-0.25, -0.2) is 19.2 Å². The number of furan rings is 1. The van der Waals surface area contributed by atoms with E-state index < -0.39 is 23.4 Å². The van der Waals surface area contributed by atoms with E-state index >= 15 is 0 Å². The summed E-state index contributed by atoms with van der Waals surface area (Å²) in [5, 5.41) is 0.785. The molecule has 0 saturated heterocycles. The van der Waals surface area contributed by atoms with Crippen LogP contribution in [0, 0.1) is 12.7 Å². The van der Waals surface area contributed by atoms with Crippen LogP contribution >= 0.6 is 39.0 Å². The first kappa shape index (κ1) is 29.7. The number of esters is 1. The van der Waals surface area contributed by atoms with Gasteiger partial charge in [0, 0.05) is 23.4 Å². The van der Waals surface area contributed by atoms with Gasteiger partial charge in [0.25, 0.3) is 11.1 Å². The van der Waals surface area contributed by atoms with Crippen molar-refractivity contribution in [3.63, 3.8) is 0 Å². The first-order valence-electron chi connectivity index (χ1n) is 13.3. The van der Waals surface area contributed by atoms with Crippen LogP contribution in [0.2, 0.25) is 0 Å². The zero-order chi connectivity index (χ0) is 31.0. The summed E-state index contributed by atoms with van der Waals surface area (Å²) >= 11 is 5.73. The molecule has 3 aromatic heterocycles. The number of rotatable bonds is 7. The molecule has 1 aliphatic rings. The van der Waals surface area contributed by atoms with Gasteiger partial charge in [0.15, 0.2) is 15.1 Å². The standard InChI is InChI=1S/C31H22BrFN4O5S2/c1-3-41-28(40)24-25(17-7-5-4-6-8-17)36-31-37(26(24)18-9-11-19(33)12-10-18)27(39)22(43-31)15-20-14-21(32)29(42-20)44-30-34-16(2)13-23(38)35-30/h4-15,26H,3H2,1-2H3,(H,34,35,38)/b22-15+/t26-/m0/s1. The third-order valence-electron chi connectivity index (χ3n) is 6.54. The van der Waals surface area contributed by atoms with E-state index in [4.69, 9.17) is 14.1 Å². The monoisotopic (exact) mass is 692 g/mol. The lowest BCUT2D eigenvalue weighted by atomic mass is 9.93. The summed E-state index contributed by atoms with van der Waals surface area (Å²) in [5.74, 6) is -0.711. The van der Waals surface area contributed by atoms with E-state index in [-0.39, 0.29) is 17.7 Å². The SMILES string of the molecule is CCOC(=O)C1=C(c2ccccc2)N=c2s/c(=C/c3cc(Br)c(Sc4nc(C)cc(=O)[nH]4)o3)c(=O)n2[C@H]1c1ccc(F)cc1. The van der Waals surface area contributed by atoms with E-state index in [0.717, 1.165) is 23.1 Å². The number of carbonyl (C=O) groups excluding carboxylic acids is 1. The lowest BCUT2D eigenvalue weighted by Gasteiger charge is -2.25. The molecule has 0 spiro atoms. The van der Waals surface area contributed by atoms with Crippen LogP contribution < -0.4 is 20.5 Å². The second-order valence-electron chi connectivity index (χ2n) is 9.56. The number of benzene rings is 2. The number of nitrogens with zero attached hydrogens (tertiary/aromatic N) is 3. The van der Waals surface area contributed by atoms with E-state index in [1.54, 1.807) is 38.1 Å². The number of aromatic nitrogens is 3. The predicted molar refractivity (Wildman–Crippen MR) is 168 cm³/mol. The molecule has 0 radical (unpaired) electrons. The number of aromatic amines is 1. The van der Waals surface area contributed by atoms with Gasteiger partial charge in [-0.3, -0.25) is 14.2 Å². The number of H-pyrrole nitrogens is 1.